The number of nitrogens with zero attached hydrogens (tertiary/aromatic N) is 2. The lowest BCUT2D eigenvalue weighted by atomic mass is 10.1. The summed E-state index contributed by atoms with van der Waals surface area (Å²) in [5.41, 5.74) is 0.990. The SMILES string of the molecule is CS(=O)(=O)c1nc2c(c(=O)[nH]1)CN(Cc1cccc(O)c1O)CC2. The maximum atomic E-state index is 12.2. The molecule has 3 rings (SSSR count). The number of phenols is 2. The molecule has 0 spiro atoms. The molecule has 1 aromatic heterocycles. The van der Waals surface area contributed by atoms with Gasteiger partial charge in [-0.3, -0.25) is 14.7 Å². The number of nitrogens with one attached hydrogen (secondary N) is 1. The van der Waals surface area contributed by atoms with Gasteiger partial charge in [-0.05, 0) is 6.07 Å². The van der Waals surface area contributed by atoms with Crippen molar-refractivity contribution < 1.29 is 18.6 Å². The van der Waals surface area contributed by atoms with Crippen LogP contribution in [0, 0.1) is 0 Å². The molecule has 128 valence electrons. The highest BCUT2D eigenvalue weighted by molar-refractivity contribution is 7.90. The van der Waals surface area contributed by atoms with Gasteiger partial charge in [-0.15, -0.1) is 0 Å². The molecule has 0 bridgehead atoms. The van der Waals surface area contributed by atoms with Gasteiger partial charge in [0.15, 0.2) is 11.5 Å². The molecular weight excluding hydrogens is 334 g/mol. The number of hydrogen-bond donors (Lipinski definition) is 3. The molecule has 0 saturated carbocycles. The molecule has 0 atom stereocenters. The Morgan fingerprint density at radius 1 is 1.33 bits per heavy atom. The number of para-hydroxylation sites is 1. The fraction of sp³-hybridized carbons (Fsp3) is 0.333. The van der Waals surface area contributed by atoms with E-state index in [1.165, 1.54) is 6.07 Å². The second kappa shape index (κ2) is 5.91. The Morgan fingerprint density at radius 2 is 2.08 bits per heavy atom. The van der Waals surface area contributed by atoms with E-state index in [2.05, 4.69) is 9.97 Å². The predicted octanol–water partition coefficient (Wildman–Crippen LogP) is 0.143. The van der Waals surface area contributed by atoms with Crippen LogP contribution in [0.15, 0.2) is 28.2 Å². The molecule has 0 fully saturated rings. The molecule has 0 aliphatic carbocycles. The summed E-state index contributed by atoms with van der Waals surface area (Å²) in [6, 6.07) is 4.72. The second-order valence-electron chi connectivity index (χ2n) is 5.81. The summed E-state index contributed by atoms with van der Waals surface area (Å²) in [6.45, 7) is 1.20. The van der Waals surface area contributed by atoms with Crippen LogP contribution >= 0.6 is 0 Å². The molecule has 2 heterocycles. The topological polar surface area (TPSA) is 124 Å². The molecule has 0 saturated heterocycles. The van der Waals surface area contributed by atoms with E-state index in [-0.39, 0.29) is 23.2 Å². The van der Waals surface area contributed by atoms with Crippen molar-refractivity contribution in [2.24, 2.45) is 0 Å². The third-order valence-electron chi connectivity index (χ3n) is 3.97. The van der Waals surface area contributed by atoms with E-state index in [9.17, 15) is 23.4 Å². The molecule has 9 heteroatoms. The van der Waals surface area contributed by atoms with Crippen LogP contribution in [-0.4, -0.2) is 46.3 Å². The van der Waals surface area contributed by atoms with Gasteiger partial charge >= 0.3 is 0 Å². The molecule has 0 amide bonds. The minimum atomic E-state index is -3.57. The fourth-order valence-electron chi connectivity index (χ4n) is 2.71. The molecule has 1 aliphatic rings. The third kappa shape index (κ3) is 3.13. The molecule has 0 unspecified atom stereocenters. The van der Waals surface area contributed by atoms with Crippen LogP contribution in [0.4, 0.5) is 0 Å². The van der Waals surface area contributed by atoms with E-state index in [1.807, 2.05) is 4.90 Å². The maximum absolute atomic E-state index is 12.2. The average molecular weight is 351 g/mol. The summed E-state index contributed by atoms with van der Waals surface area (Å²) in [4.78, 5) is 20.5. The van der Waals surface area contributed by atoms with Crippen molar-refractivity contribution in [1.82, 2.24) is 14.9 Å². The number of sulfone groups is 1. The van der Waals surface area contributed by atoms with Crippen LogP contribution in [0.2, 0.25) is 0 Å². The van der Waals surface area contributed by atoms with Crippen molar-refractivity contribution in [3.8, 4) is 11.5 Å². The highest BCUT2D eigenvalue weighted by Gasteiger charge is 2.24. The van der Waals surface area contributed by atoms with E-state index in [0.29, 0.717) is 36.3 Å². The number of aromatic amines is 1. The number of rotatable bonds is 3. The first kappa shape index (κ1) is 16.5. The summed E-state index contributed by atoms with van der Waals surface area (Å²) in [5, 5.41) is 19.1. The van der Waals surface area contributed by atoms with Crippen molar-refractivity contribution in [3.05, 3.63) is 45.4 Å². The van der Waals surface area contributed by atoms with E-state index in [0.717, 1.165) is 6.26 Å². The lowest BCUT2D eigenvalue weighted by Crippen LogP contribution is -2.36. The zero-order valence-electron chi connectivity index (χ0n) is 13.0. The van der Waals surface area contributed by atoms with Crippen molar-refractivity contribution in [1.29, 1.82) is 0 Å². The van der Waals surface area contributed by atoms with Gasteiger partial charge in [0.25, 0.3) is 5.56 Å². The first-order chi connectivity index (χ1) is 11.3. The Kier molecular flexibility index (Phi) is 4.06. The van der Waals surface area contributed by atoms with Gasteiger partial charge in [0, 0.05) is 37.9 Å². The largest absolute Gasteiger partial charge is 0.504 e. The van der Waals surface area contributed by atoms with Crippen molar-refractivity contribution in [3.63, 3.8) is 0 Å². The molecule has 1 aliphatic heterocycles. The van der Waals surface area contributed by atoms with Gasteiger partial charge in [-0.2, -0.15) is 0 Å². The van der Waals surface area contributed by atoms with Crippen molar-refractivity contribution >= 4 is 9.84 Å². The fourth-order valence-corrected chi connectivity index (χ4v) is 3.27. The normalized spacial score (nSPS) is 15.2. The van der Waals surface area contributed by atoms with E-state index in [1.54, 1.807) is 12.1 Å². The van der Waals surface area contributed by atoms with Crippen LogP contribution in [0.3, 0.4) is 0 Å². The minimum Gasteiger partial charge on any atom is -0.504 e. The van der Waals surface area contributed by atoms with E-state index in [4.69, 9.17) is 0 Å². The van der Waals surface area contributed by atoms with Crippen LogP contribution < -0.4 is 5.56 Å². The Morgan fingerprint density at radius 3 is 2.79 bits per heavy atom. The minimum absolute atomic E-state index is 0.178. The number of aromatic nitrogens is 2. The molecule has 1 aromatic carbocycles. The molecule has 3 N–H and O–H groups in total. The van der Waals surface area contributed by atoms with Crippen molar-refractivity contribution in [2.75, 3.05) is 12.8 Å². The first-order valence-corrected chi connectivity index (χ1v) is 9.19. The van der Waals surface area contributed by atoms with Crippen LogP contribution in [0.25, 0.3) is 0 Å². The summed E-state index contributed by atoms with van der Waals surface area (Å²) in [7, 11) is -3.57. The number of fused-ring (bicyclic) bond motifs is 1. The number of aromatic hydroxyl groups is 2. The highest BCUT2D eigenvalue weighted by atomic mass is 32.2. The highest BCUT2D eigenvalue weighted by Crippen LogP contribution is 2.30. The van der Waals surface area contributed by atoms with Crippen molar-refractivity contribution in [2.45, 2.75) is 24.7 Å². The average Bonchev–Trinajstić information content (AvgIpc) is 2.51. The lowest BCUT2D eigenvalue weighted by molar-refractivity contribution is 0.237. The van der Waals surface area contributed by atoms with Gasteiger partial charge in [0.2, 0.25) is 15.0 Å². The van der Waals surface area contributed by atoms with Gasteiger partial charge in [0.05, 0.1) is 11.3 Å². The molecular formula is C15H17N3O5S. The molecule has 0 radical (unpaired) electrons. The Labute approximate surface area is 138 Å². The molecule has 8 nitrogen and oxygen atoms in total. The van der Waals surface area contributed by atoms with Gasteiger partial charge in [-0.25, -0.2) is 13.4 Å². The van der Waals surface area contributed by atoms with E-state index >= 15 is 0 Å². The zero-order valence-corrected chi connectivity index (χ0v) is 13.8. The standard InChI is InChI=1S/C15H17N3O5S/c1-24(22,23)15-16-11-5-6-18(8-10(11)14(21)17-15)7-9-3-2-4-12(19)13(9)20/h2-4,19-20H,5-8H2,1H3,(H,16,17,21). The Hall–Kier alpha value is -2.39. The summed E-state index contributed by atoms with van der Waals surface area (Å²) >= 11 is 0. The van der Waals surface area contributed by atoms with Crippen LogP contribution in [-0.2, 0) is 29.3 Å². The van der Waals surface area contributed by atoms with Gasteiger partial charge < -0.3 is 10.2 Å². The number of phenolic OH excluding ortho intramolecular Hbond substituents is 2. The number of H-pyrrole nitrogens is 1. The quantitative estimate of drug-likeness (QED) is 0.531. The second-order valence-corrected chi connectivity index (χ2v) is 7.75. The number of benzene rings is 1. The smallest absolute Gasteiger partial charge is 0.256 e. The summed E-state index contributed by atoms with van der Waals surface area (Å²) in [5.74, 6) is -0.370. The van der Waals surface area contributed by atoms with E-state index < -0.39 is 15.4 Å². The van der Waals surface area contributed by atoms with Gasteiger partial charge in [-0.1, -0.05) is 12.1 Å². The third-order valence-corrected chi connectivity index (χ3v) is 4.87. The maximum Gasteiger partial charge on any atom is 0.256 e. The molecule has 2 aromatic rings. The summed E-state index contributed by atoms with van der Waals surface area (Å²) < 4.78 is 23.1. The number of hydrogen-bond acceptors (Lipinski definition) is 7. The lowest BCUT2D eigenvalue weighted by Gasteiger charge is -2.27. The predicted molar refractivity (Wildman–Crippen MR) is 85.6 cm³/mol. The van der Waals surface area contributed by atoms with Crippen LogP contribution in [0.5, 0.6) is 11.5 Å². The Bertz CT molecular complexity index is 952. The van der Waals surface area contributed by atoms with Gasteiger partial charge in [0.1, 0.15) is 0 Å². The summed E-state index contributed by atoms with van der Waals surface area (Å²) in [6.07, 6.45) is 1.43. The zero-order chi connectivity index (χ0) is 17.5. The van der Waals surface area contributed by atoms with Crippen LogP contribution in [0.1, 0.15) is 16.8 Å². The first-order valence-electron chi connectivity index (χ1n) is 7.30. The molecule has 24 heavy (non-hydrogen) atoms. The Balaban J connectivity index is 1.87. The monoisotopic (exact) mass is 351 g/mol.